The van der Waals surface area contributed by atoms with E-state index >= 15 is 0 Å². The SMILES string of the molecule is Cc1ccc(F)cc1NC(=O)/C=C/c1nc2ccccc2o1. The van der Waals surface area contributed by atoms with Crippen molar-refractivity contribution in [3.8, 4) is 0 Å². The van der Waals surface area contributed by atoms with Crippen molar-refractivity contribution in [3.05, 3.63) is 65.8 Å². The number of oxazole rings is 1. The Hall–Kier alpha value is -2.95. The summed E-state index contributed by atoms with van der Waals surface area (Å²) in [5.74, 6) is -0.438. The van der Waals surface area contributed by atoms with E-state index in [0.29, 0.717) is 17.2 Å². The molecular formula is C17H13FN2O2. The molecule has 0 radical (unpaired) electrons. The number of nitrogens with one attached hydrogen (secondary N) is 1. The van der Waals surface area contributed by atoms with Gasteiger partial charge in [0.1, 0.15) is 11.3 Å². The van der Waals surface area contributed by atoms with Gasteiger partial charge >= 0.3 is 0 Å². The molecular weight excluding hydrogens is 283 g/mol. The molecule has 110 valence electrons. The van der Waals surface area contributed by atoms with Gasteiger partial charge in [0, 0.05) is 17.8 Å². The van der Waals surface area contributed by atoms with E-state index in [1.165, 1.54) is 24.3 Å². The molecule has 1 aromatic heterocycles. The number of para-hydroxylation sites is 2. The third-order valence-electron chi connectivity index (χ3n) is 3.15. The van der Waals surface area contributed by atoms with Gasteiger partial charge < -0.3 is 9.73 Å². The van der Waals surface area contributed by atoms with Crippen LogP contribution >= 0.6 is 0 Å². The third kappa shape index (κ3) is 3.03. The number of fused-ring (bicyclic) bond motifs is 1. The van der Waals surface area contributed by atoms with Gasteiger partial charge in [0.05, 0.1) is 0 Å². The molecule has 1 heterocycles. The topological polar surface area (TPSA) is 55.1 Å². The lowest BCUT2D eigenvalue weighted by molar-refractivity contribution is -0.111. The van der Waals surface area contributed by atoms with E-state index in [1.54, 1.807) is 19.1 Å². The van der Waals surface area contributed by atoms with E-state index in [2.05, 4.69) is 10.3 Å². The second-order valence-electron chi connectivity index (χ2n) is 4.80. The fourth-order valence-corrected chi connectivity index (χ4v) is 2.01. The Morgan fingerprint density at radius 1 is 1.27 bits per heavy atom. The molecule has 1 N–H and O–H groups in total. The van der Waals surface area contributed by atoms with Crippen LogP contribution in [0.4, 0.5) is 10.1 Å². The van der Waals surface area contributed by atoms with Gasteiger partial charge in [-0.2, -0.15) is 0 Å². The van der Waals surface area contributed by atoms with Crippen molar-refractivity contribution in [2.45, 2.75) is 6.92 Å². The highest BCUT2D eigenvalue weighted by Crippen LogP contribution is 2.17. The van der Waals surface area contributed by atoms with Crippen LogP contribution in [0.15, 0.2) is 53.0 Å². The molecule has 0 unspecified atom stereocenters. The summed E-state index contributed by atoms with van der Waals surface area (Å²) in [5.41, 5.74) is 2.60. The fraction of sp³-hybridized carbons (Fsp3) is 0.0588. The summed E-state index contributed by atoms with van der Waals surface area (Å²) in [7, 11) is 0. The number of benzene rings is 2. The summed E-state index contributed by atoms with van der Waals surface area (Å²) in [4.78, 5) is 16.1. The van der Waals surface area contributed by atoms with Crippen LogP contribution in [0, 0.1) is 12.7 Å². The number of anilines is 1. The van der Waals surface area contributed by atoms with Crippen LogP contribution in [0.25, 0.3) is 17.2 Å². The molecule has 0 bridgehead atoms. The maximum absolute atomic E-state index is 13.2. The molecule has 0 saturated heterocycles. The smallest absolute Gasteiger partial charge is 0.248 e. The summed E-state index contributed by atoms with van der Waals surface area (Å²) in [6, 6.07) is 11.6. The number of amides is 1. The van der Waals surface area contributed by atoms with E-state index in [1.807, 2.05) is 18.2 Å². The van der Waals surface area contributed by atoms with E-state index in [0.717, 1.165) is 11.1 Å². The highest BCUT2D eigenvalue weighted by atomic mass is 19.1. The molecule has 0 spiro atoms. The van der Waals surface area contributed by atoms with Crippen molar-refractivity contribution in [2.24, 2.45) is 0 Å². The number of hydrogen-bond donors (Lipinski definition) is 1. The summed E-state index contributed by atoms with van der Waals surface area (Å²) < 4.78 is 18.6. The number of nitrogens with zero attached hydrogens (tertiary/aromatic N) is 1. The second-order valence-corrected chi connectivity index (χ2v) is 4.80. The molecule has 22 heavy (non-hydrogen) atoms. The molecule has 5 heteroatoms. The van der Waals surface area contributed by atoms with Gasteiger partial charge in [0.25, 0.3) is 0 Å². The van der Waals surface area contributed by atoms with Gasteiger partial charge in [0.2, 0.25) is 11.8 Å². The number of carbonyl (C=O) groups excluding carboxylic acids is 1. The number of aryl methyl sites for hydroxylation is 1. The average Bonchev–Trinajstić information content (AvgIpc) is 2.92. The third-order valence-corrected chi connectivity index (χ3v) is 3.15. The van der Waals surface area contributed by atoms with Crippen LogP contribution in [0.1, 0.15) is 11.5 Å². The zero-order valence-corrected chi connectivity index (χ0v) is 11.8. The highest BCUT2D eigenvalue weighted by Gasteiger charge is 2.05. The molecule has 0 aliphatic carbocycles. The number of aromatic nitrogens is 1. The summed E-state index contributed by atoms with van der Waals surface area (Å²) in [6.45, 7) is 1.79. The largest absolute Gasteiger partial charge is 0.437 e. The lowest BCUT2D eigenvalue weighted by Gasteiger charge is -2.05. The quantitative estimate of drug-likeness (QED) is 0.745. The Balaban J connectivity index is 1.74. The first-order chi connectivity index (χ1) is 10.6. The minimum absolute atomic E-state index is 0.340. The number of rotatable bonds is 3. The molecule has 0 fully saturated rings. The van der Waals surface area contributed by atoms with Gasteiger partial charge in [-0.15, -0.1) is 0 Å². The van der Waals surface area contributed by atoms with Crippen molar-refractivity contribution in [3.63, 3.8) is 0 Å². The standard InChI is InChI=1S/C17H13FN2O2/c1-11-6-7-12(18)10-14(11)19-16(21)8-9-17-20-13-4-2-3-5-15(13)22-17/h2-10H,1H3,(H,19,21)/b9-8+. The van der Waals surface area contributed by atoms with Crippen LogP contribution in [0.3, 0.4) is 0 Å². The Bertz CT molecular complexity index is 835. The van der Waals surface area contributed by atoms with Crippen molar-refractivity contribution < 1.29 is 13.6 Å². The fourth-order valence-electron chi connectivity index (χ4n) is 2.01. The van der Waals surface area contributed by atoms with E-state index < -0.39 is 5.82 Å². The molecule has 3 rings (SSSR count). The number of carbonyl (C=O) groups is 1. The highest BCUT2D eigenvalue weighted by molar-refractivity contribution is 6.02. The minimum atomic E-state index is -0.399. The van der Waals surface area contributed by atoms with Crippen molar-refractivity contribution in [2.75, 3.05) is 5.32 Å². The van der Waals surface area contributed by atoms with Crippen molar-refractivity contribution in [1.82, 2.24) is 4.98 Å². The van der Waals surface area contributed by atoms with E-state index in [-0.39, 0.29) is 5.91 Å². The second kappa shape index (κ2) is 5.81. The Morgan fingerprint density at radius 2 is 2.09 bits per heavy atom. The van der Waals surface area contributed by atoms with Crippen molar-refractivity contribution in [1.29, 1.82) is 0 Å². The summed E-state index contributed by atoms with van der Waals surface area (Å²) >= 11 is 0. The monoisotopic (exact) mass is 296 g/mol. The molecule has 2 aromatic carbocycles. The van der Waals surface area contributed by atoms with E-state index in [4.69, 9.17) is 4.42 Å². The van der Waals surface area contributed by atoms with Crippen LogP contribution in [-0.2, 0) is 4.79 Å². The average molecular weight is 296 g/mol. The first-order valence-electron chi connectivity index (χ1n) is 6.72. The van der Waals surface area contributed by atoms with Gasteiger partial charge in [-0.1, -0.05) is 18.2 Å². The van der Waals surface area contributed by atoms with Crippen LogP contribution in [0.5, 0.6) is 0 Å². The zero-order chi connectivity index (χ0) is 15.5. The first-order valence-corrected chi connectivity index (χ1v) is 6.72. The molecule has 1 amide bonds. The Labute approximate surface area is 126 Å². The van der Waals surface area contributed by atoms with Crippen LogP contribution < -0.4 is 5.32 Å². The predicted octanol–water partition coefficient (Wildman–Crippen LogP) is 3.93. The summed E-state index contributed by atoms with van der Waals surface area (Å²) in [5, 5.41) is 2.62. The number of hydrogen-bond acceptors (Lipinski definition) is 3. The lowest BCUT2D eigenvalue weighted by atomic mass is 10.2. The zero-order valence-electron chi connectivity index (χ0n) is 11.8. The van der Waals surface area contributed by atoms with E-state index in [9.17, 15) is 9.18 Å². The lowest BCUT2D eigenvalue weighted by Crippen LogP contribution is -2.09. The Morgan fingerprint density at radius 3 is 2.91 bits per heavy atom. The summed E-state index contributed by atoms with van der Waals surface area (Å²) in [6.07, 6.45) is 2.78. The van der Waals surface area contributed by atoms with Gasteiger partial charge in [-0.05, 0) is 36.8 Å². The van der Waals surface area contributed by atoms with Gasteiger partial charge in [0.15, 0.2) is 5.58 Å². The maximum Gasteiger partial charge on any atom is 0.248 e. The molecule has 3 aromatic rings. The van der Waals surface area contributed by atoms with Crippen LogP contribution in [-0.4, -0.2) is 10.9 Å². The molecule has 4 nitrogen and oxygen atoms in total. The maximum atomic E-state index is 13.2. The molecule has 0 aliphatic rings. The Kier molecular flexibility index (Phi) is 3.70. The molecule has 0 aliphatic heterocycles. The van der Waals surface area contributed by atoms with Gasteiger partial charge in [-0.25, -0.2) is 9.37 Å². The van der Waals surface area contributed by atoms with Crippen LogP contribution in [0.2, 0.25) is 0 Å². The predicted molar refractivity (Wildman–Crippen MR) is 82.8 cm³/mol. The molecule has 0 atom stereocenters. The normalized spacial score (nSPS) is 11.2. The number of halogens is 1. The minimum Gasteiger partial charge on any atom is -0.437 e. The van der Waals surface area contributed by atoms with Gasteiger partial charge in [-0.3, -0.25) is 4.79 Å². The van der Waals surface area contributed by atoms with Crippen molar-refractivity contribution >= 4 is 28.8 Å². The first kappa shape index (κ1) is 14.0. The molecule has 0 saturated carbocycles.